The molecule has 1 N–H and O–H groups in total. The molecular formula is C23H28N4O2S. The summed E-state index contributed by atoms with van der Waals surface area (Å²) in [6.45, 7) is 4.34. The van der Waals surface area contributed by atoms with Crippen LogP contribution in [0.3, 0.4) is 0 Å². The van der Waals surface area contributed by atoms with Crippen molar-refractivity contribution in [3.8, 4) is 0 Å². The zero-order valence-electron chi connectivity index (χ0n) is 17.9. The molecule has 7 heteroatoms. The topological polar surface area (TPSA) is 65.5 Å². The summed E-state index contributed by atoms with van der Waals surface area (Å²) in [5.41, 5.74) is 2.87. The molecule has 1 aromatic heterocycles. The third-order valence-corrected chi connectivity index (χ3v) is 6.34. The first-order valence-corrected chi connectivity index (χ1v) is 10.9. The predicted molar refractivity (Wildman–Crippen MR) is 123 cm³/mol. The number of amides is 2. The van der Waals surface area contributed by atoms with Crippen LogP contribution < -0.4 is 5.32 Å². The summed E-state index contributed by atoms with van der Waals surface area (Å²) < 4.78 is 1.11. The Balaban J connectivity index is 1.55. The van der Waals surface area contributed by atoms with Crippen LogP contribution >= 0.6 is 11.3 Å². The number of para-hydroxylation sites is 2. The van der Waals surface area contributed by atoms with Crippen molar-refractivity contribution in [2.45, 2.75) is 26.3 Å². The predicted octanol–water partition coefficient (Wildman–Crippen LogP) is 3.95. The zero-order valence-corrected chi connectivity index (χ0v) is 18.7. The van der Waals surface area contributed by atoms with E-state index in [0.29, 0.717) is 0 Å². The van der Waals surface area contributed by atoms with Crippen LogP contribution in [0, 0.1) is 0 Å². The Kier molecular flexibility index (Phi) is 7.18. The maximum atomic E-state index is 12.8. The average Bonchev–Trinajstić information content (AvgIpc) is 3.17. The molecule has 1 heterocycles. The molecule has 0 unspecified atom stereocenters. The number of aromatic nitrogens is 1. The maximum absolute atomic E-state index is 12.8. The summed E-state index contributed by atoms with van der Waals surface area (Å²) in [4.78, 5) is 33.2. The van der Waals surface area contributed by atoms with Crippen molar-refractivity contribution in [3.63, 3.8) is 0 Å². The first-order chi connectivity index (χ1) is 14.4. The highest BCUT2D eigenvalue weighted by molar-refractivity contribution is 7.18. The number of aryl methyl sites for hydroxylation is 1. The van der Waals surface area contributed by atoms with Gasteiger partial charge in [-0.15, -0.1) is 11.3 Å². The van der Waals surface area contributed by atoms with Crippen molar-refractivity contribution in [1.29, 1.82) is 0 Å². The second-order valence-electron chi connectivity index (χ2n) is 7.43. The summed E-state index contributed by atoms with van der Waals surface area (Å²) in [5, 5.41) is 3.85. The monoisotopic (exact) mass is 424 g/mol. The lowest BCUT2D eigenvalue weighted by molar-refractivity contribution is -0.133. The van der Waals surface area contributed by atoms with E-state index in [1.165, 1.54) is 0 Å². The van der Waals surface area contributed by atoms with Gasteiger partial charge in [0.1, 0.15) is 5.01 Å². The molecule has 0 radical (unpaired) electrons. The van der Waals surface area contributed by atoms with E-state index < -0.39 is 0 Å². The van der Waals surface area contributed by atoms with E-state index in [1.54, 1.807) is 35.2 Å². The number of likely N-dealkylation sites (N-methyl/N-ethyl adjacent to an activating group) is 2. The Hall–Kier alpha value is -2.77. The smallest absolute Gasteiger partial charge is 0.238 e. The summed E-state index contributed by atoms with van der Waals surface area (Å²) >= 11 is 1.60. The number of carbonyl (C=O) groups excluding carboxylic acids is 2. The Labute approximate surface area is 181 Å². The number of thiazole rings is 1. The minimum Gasteiger partial charge on any atom is -0.335 e. The van der Waals surface area contributed by atoms with Crippen molar-refractivity contribution in [1.82, 2.24) is 14.8 Å². The lowest BCUT2D eigenvalue weighted by Crippen LogP contribution is -2.40. The number of hydrogen-bond acceptors (Lipinski definition) is 5. The van der Waals surface area contributed by atoms with Crippen molar-refractivity contribution in [2.24, 2.45) is 0 Å². The van der Waals surface area contributed by atoms with E-state index in [4.69, 9.17) is 0 Å². The van der Waals surface area contributed by atoms with Gasteiger partial charge in [0.2, 0.25) is 11.8 Å². The molecule has 0 saturated heterocycles. The molecule has 158 valence electrons. The summed E-state index contributed by atoms with van der Waals surface area (Å²) in [5.74, 6) is -0.181. The zero-order chi connectivity index (χ0) is 21.7. The molecule has 0 fully saturated rings. The van der Waals surface area contributed by atoms with Crippen LogP contribution in [0.25, 0.3) is 10.2 Å². The molecule has 0 saturated carbocycles. The number of hydrogen-bond donors (Lipinski definition) is 1. The second kappa shape index (κ2) is 9.82. The van der Waals surface area contributed by atoms with E-state index >= 15 is 0 Å². The SMILES string of the molecule is CCc1ccccc1NC(=O)CN(C)CC(=O)N(C)[C@@H](C)c1nc2ccccc2s1. The highest BCUT2D eigenvalue weighted by Crippen LogP contribution is 2.28. The molecule has 0 aliphatic carbocycles. The van der Waals surface area contributed by atoms with Crippen LogP contribution in [-0.2, 0) is 16.0 Å². The standard InChI is InChI=1S/C23H28N4O2S/c1-5-17-10-6-7-11-18(17)24-21(28)14-26(3)15-22(29)27(4)16(2)23-25-19-12-8-9-13-20(19)30-23/h6-13,16H,5,14-15H2,1-4H3,(H,24,28)/t16-/m0/s1. The third kappa shape index (κ3) is 5.23. The van der Waals surface area contributed by atoms with Crippen LogP contribution in [-0.4, -0.2) is 53.8 Å². The number of fused-ring (bicyclic) bond motifs is 1. The van der Waals surface area contributed by atoms with Crippen molar-refractivity contribution < 1.29 is 9.59 Å². The van der Waals surface area contributed by atoms with E-state index in [-0.39, 0.29) is 30.9 Å². The molecule has 3 rings (SSSR count). The van der Waals surface area contributed by atoms with Crippen LogP contribution in [0.1, 0.15) is 30.5 Å². The molecule has 0 bridgehead atoms. The molecule has 2 aromatic carbocycles. The molecule has 6 nitrogen and oxygen atoms in total. The van der Waals surface area contributed by atoms with Crippen molar-refractivity contribution >= 4 is 39.1 Å². The number of rotatable bonds is 8. The third-order valence-electron chi connectivity index (χ3n) is 5.13. The first kappa shape index (κ1) is 21.9. The van der Waals surface area contributed by atoms with Gasteiger partial charge in [-0.2, -0.15) is 0 Å². The fourth-order valence-electron chi connectivity index (χ4n) is 3.23. The van der Waals surface area contributed by atoms with Gasteiger partial charge in [0.25, 0.3) is 0 Å². The van der Waals surface area contributed by atoms with Gasteiger partial charge in [0.15, 0.2) is 0 Å². The van der Waals surface area contributed by atoms with E-state index in [1.807, 2.05) is 55.5 Å². The van der Waals surface area contributed by atoms with Gasteiger partial charge in [-0.25, -0.2) is 4.98 Å². The number of nitrogens with one attached hydrogen (secondary N) is 1. The fraction of sp³-hybridized carbons (Fsp3) is 0.348. The van der Waals surface area contributed by atoms with Crippen LogP contribution in [0.5, 0.6) is 0 Å². The fourth-order valence-corrected chi connectivity index (χ4v) is 4.30. The minimum atomic E-state index is -0.131. The average molecular weight is 425 g/mol. The number of benzene rings is 2. The quantitative estimate of drug-likeness (QED) is 0.595. The maximum Gasteiger partial charge on any atom is 0.238 e. The molecule has 3 aromatic rings. The van der Waals surface area contributed by atoms with Crippen LogP contribution in [0.15, 0.2) is 48.5 Å². The summed E-state index contributed by atoms with van der Waals surface area (Å²) in [6, 6.07) is 15.6. The van der Waals surface area contributed by atoms with Gasteiger partial charge in [-0.1, -0.05) is 37.3 Å². The van der Waals surface area contributed by atoms with E-state index in [2.05, 4.69) is 17.2 Å². The van der Waals surface area contributed by atoms with E-state index in [9.17, 15) is 9.59 Å². The van der Waals surface area contributed by atoms with Crippen LogP contribution in [0.4, 0.5) is 5.69 Å². The van der Waals surface area contributed by atoms with Gasteiger partial charge < -0.3 is 10.2 Å². The Morgan fingerprint density at radius 1 is 1.07 bits per heavy atom. The van der Waals surface area contributed by atoms with Crippen molar-refractivity contribution in [3.05, 3.63) is 59.1 Å². The van der Waals surface area contributed by atoms with Gasteiger partial charge in [0.05, 0.1) is 29.3 Å². The molecule has 1 atom stereocenters. The Bertz CT molecular complexity index is 1000. The lowest BCUT2D eigenvalue weighted by Gasteiger charge is -2.26. The second-order valence-corrected chi connectivity index (χ2v) is 8.49. The summed E-state index contributed by atoms with van der Waals surface area (Å²) in [6.07, 6.45) is 0.846. The minimum absolute atomic E-state index is 0.0500. The number of carbonyl (C=O) groups is 2. The first-order valence-electron chi connectivity index (χ1n) is 10.1. The Morgan fingerprint density at radius 2 is 1.77 bits per heavy atom. The summed E-state index contributed by atoms with van der Waals surface area (Å²) in [7, 11) is 3.56. The molecule has 2 amide bonds. The highest BCUT2D eigenvalue weighted by Gasteiger charge is 2.22. The number of nitrogens with zero attached hydrogens (tertiary/aromatic N) is 3. The van der Waals surface area contributed by atoms with Crippen LogP contribution in [0.2, 0.25) is 0 Å². The molecule has 0 aliphatic heterocycles. The molecular weight excluding hydrogens is 396 g/mol. The van der Waals surface area contributed by atoms with Gasteiger partial charge >= 0.3 is 0 Å². The van der Waals surface area contributed by atoms with E-state index in [0.717, 1.165) is 32.9 Å². The Morgan fingerprint density at radius 3 is 2.50 bits per heavy atom. The van der Waals surface area contributed by atoms with Gasteiger partial charge in [-0.05, 0) is 44.2 Å². The normalized spacial score (nSPS) is 12.2. The largest absolute Gasteiger partial charge is 0.335 e. The van der Waals surface area contributed by atoms with Gasteiger partial charge in [-0.3, -0.25) is 14.5 Å². The lowest BCUT2D eigenvalue weighted by atomic mass is 10.1. The number of anilines is 1. The molecule has 0 spiro atoms. The van der Waals surface area contributed by atoms with Crippen molar-refractivity contribution in [2.75, 3.05) is 32.5 Å². The van der Waals surface area contributed by atoms with Gasteiger partial charge in [0, 0.05) is 12.7 Å². The highest BCUT2D eigenvalue weighted by atomic mass is 32.1. The molecule has 0 aliphatic rings. The molecule has 30 heavy (non-hydrogen) atoms.